The van der Waals surface area contributed by atoms with Crippen LogP contribution < -0.4 is 5.32 Å². The zero-order chi connectivity index (χ0) is 12.2. The molecule has 0 aromatic rings. The number of nitriles is 1. The summed E-state index contributed by atoms with van der Waals surface area (Å²) in [5.41, 5.74) is -0.296. The van der Waals surface area contributed by atoms with Crippen LogP contribution in [-0.4, -0.2) is 37.0 Å². The highest BCUT2D eigenvalue weighted by molar-refractivity contribution is 5.81. The molecule has 90 valence electrons. The predicted octanol–water partition coefficient (Wildman–Crippen LogP) is 1.14. The zero-order valence-electron chi connectivity index (χ0n) is 10.4. The molecule has 1 rings (SSSR count). The minimum Gasteiger partial charge on any atom is -0.358 e. The van der Waals surface area contributed by atoms with E-state index in [1.807, 2.05) is 13.8 Å². The molecule has 4 nitrogen and oxygen atoms in total. The molecule has 0 aromatic heterocycles. The molecule has 0 radical (unpaired) electrons. The largest absolute Gasteiger partial charge is 0.358 e. The average Bonchev–Trinajstić information content (AvgIpc) is 2.73. The highest BCUT2D eigenvalue weighted by Crippen LogP contribution is 2.23. The molecule has 0 aromatic carbocycles. The quantitative estimate of drug-likeness (QED) is 0.777. The third kappa shape index (κ3) is 3.21. The van der Waals surface area contributed by atoms with Crippen molar-refractivity contribution in [1.29, 1.82) is 5.26 Å². The van der Waals surface area contributed by atoms with Gasteiger partial charge in [-0.05, 0) is 39.7 Å². The van der Waals surface area contributed by atoms with Crippen molar-refractivity contribution in [2.45, 2.75) is 39.2 Å². The van der Waals surface area contributed by atoms with E-state index in [4.69, 9.17) is 5.26 Å². The van der Waals surface area contributed by atoms with Gasteiger partial charge in [-0.3, -0.25) is 9.69 Å². The monoisotopic (exact) mass is 223 g/mol. The van der Waals surface area contributed by atoms with Gasteiger partial charge in [-0.15, -0.1) is 0 Å². The molecule has 1 atom stereocenters. The Morgan fingerprint density at radius 3 is 2.88 bits per heavy atom. The van der Waals surface area contributed by atoms with Gasteiger partial charge in [-0.2, -0.15) is 5.26 Å². The van der Waals surface area contributed by atoms with Crippen molar-refractivity contribution >= 4 is 5.91 Å². The lowest BCUT2D eigenvalue weighted by Crippen LogP contribution is -2.42. The molecule has 1 unspecified atom stereocenters. The van der Waals surface area contributed by atoms with Crippen LogP contribution in [0.25, 0.3) is 0 Å². The van der Waals surface area contributed by atoms with Gasteiger partial charge in [0.05, 0.1) is 17.5 Å². The molecule has 1 N–H and O–H groups in total. The van der Waals surface area contributed by atoms with Crippen molar-refractivity contribution in [3.63, 3.8) is 0 Å². The van der Waals surface area contributed by atoms with Gasteiger partial charge < -0.3 is 5.32 Å². The van der Waals surface area contributed by atoms with Crippen molar-refractivity contribution in [2.75, 3.05) is 20.1 Å². The fourth-order valence-corrected chi connectivity index (χ4v) is 2.04. The minimum atomic E-state index is -0.296. The zero-order valence-corrected chi connectivity index (χ0v) is 10.4. The molecule has 1 amide bonds. The Labute approximate surface area is 97.6 Å². The molecule has 0 aliphatic carbocycles. The molecule has 1 heterocycles. The number of carbonyl (C=O) groups is 1. The summed E-state index contributed by atoms with van der Waals surface area (Å²) in [6, 6.07) is 2.31. The first kappa shape index (κ1) is 13.0. The standard InChI is InChI=1S/C12H21N3O/c1-12(2,9-13)6-8-15-7-4-5-10(15)11(16)14-3/h10H,4-8H2,1-3H3,(H,14,16). The van der Waals surface area contributed by atoms with Crippen molar-refractivity contribution in [3.8, 4) is 6.07 Å². The summed E-state index contributed by atoms with van der Waals surface area (Å²) in [5.74, 6) is 0.104. The first-order valence-corrected chi connectivity index (χ1v) is 5.87. The molecular weight excluding hydrogens is 202 g/mol. The molecule has 0 saturated carbocycles. The van der Waals surface area contributed by atoms with Gasteiger partial charge in [0.1, 0.15) is 0 Å². The van der Waals surface area contributed by atoms with E-state index in [1.165, 1.54) is 0 Å². The van der Waals surface area contributed by atoms with E-state index in [0.29, 0.717) is 0 Å². The van der Waals surface area contributed by atoms with Gasteiger partial charge >= 0.3 is 0 Å². The topological polar surface area (TPSA) is 56.1 Å². The molecule has 16 heavy (non-hydrogen) atoms. The van der Waals surface area contributed by atoms with Crippen LogP contribution in [0.1, 0.15) is 33.1 Å². The summed E-state index contributed by atoms with van der Waals surface area (Å²) in [6.45, 7) is 5.69. The van der Waals surface area contributed by atoms with Crippen LogP contribution in [0.2, 0.25) is 0 Å². The van der Waals surface area contributed by atoms with Crippen LogP contribution in [0.15, 0.2) is 0 Å². The van der Waals surface area contributed by atoms with Crippen molar-refractivity contribution < 1.29 is 4.79 Å². The van der Waals surface area contributed by atoms with E-state index in [9.17, 15) is 4.79 Å². The van der Waals surface area contributed by atoms with Crippen molar-refractivity contribution in [2.24, 2.45) is 5.41 Å². The van der Waals surface area contributed by atoms with Gasteiger partial charge in [0.2, 0.25) is 5.91 Å². The fourth-order valence-electron chi connectivity index (χ4n) is 2.04. The summed E-state index contributed by atoms with van der Waals surface area (Å²) in [4.78, 5) is 13.8. The Kier molecular flexibility index (Phi) is 4.31. The van der Waals surface area contributed by atoms with E-state index >= 15 is 0 Å². The Hall–Kier alpha value is -1.08. The first-order valence-electron chi connectivity index (χ1n) is 5.87. The second-order valence-corrected chi connectivity index (χ2v) is 5.05. The Morgan fingerprint density at radius 1 is 1.62 bits per heavy atom. The number of amides is 1. The van der Waals surface area contributed by atoms with Gasteiger partial charge in [-0.25, -0.2) is 0 Å². The third-order valence-corrected chi connectivity index (χ3v) is 3.24. The third-order valence-electron chi connectivity index (χ3n) is 3.24. The van der Waals surface area contributed by atoms with E-state index in [-0.39, 0.29) is 17.4 Å². The Balaban J connectivity index is 2.48. The van der Waals surface area contributed by atoms with E-state index in [2.05, 4.69) is 16.3 Å². The molecular formula is C12H21N3O. The number of carbonyl (C=O) groups excluding carboxylic acids is 1. The van der Waals surface area contributed by atoms with Crippen LogP contribution in [-0.2, 0) is 4.79 Å². The molecule has 1 aliphatic heterocycles. The maximum absolute atomic E-state index is 11.6. The maximum Gasteiger partial charge on any atom is 0.237 e. The van der Waals surface area contributed by atoms with Crippen LogP contribution >= 0.6 is 0 Å². The van der Waals surface area contributed by atoms with E-state index in [1.54, 1.807) is 7.05 Å². The second kappa shape index (κ2) is 5.31. The minimum absolute atomic E-state index is 0.0134. The second-order valence-electron chi connectivity index (χ2n) is 5.05. The van der Waals surface area contributed by atoms with E-state index in [0.717, 1.165) is 32.4 Å². The maximum atomic E-state index is 11.6. The van der Waals surface area contributed by atoms with E-state index < -0.39 is 0 Å². The number of likely N-dealkylation sites (tertiary alicyclic amines) is 1. The summed E-state index contributed by atoms with van der Waals surface area (Å²) in [6.07, 6.45) is 2.83. The van der Waals surface area contributed by atoms with Gasteiger partial charge in [0, 0.05) is 13.6 Å². The highest BCUT2D eigenvalue weighted by atomic mass is 16.2. The Bertz CT molecular complexity index is 293. The molecule has 0 spiro atoms. The van der Waals surface area contributed by atoms with Crippen molar-refractivity contribution in [1.82, 2.24) is 10.2 Å². The Morgan fingerprint density at radius 2 is 2.31 bits per heavy atom. The van der Waals surface area contributed by atoms with Crippen LogP contribution in [0, 0.1) is 16.7 Å². The highest BCUT2D eigenvalue weighted by Gasteiger charge is 2.31. The normalized spacial score (nSPS) is 21.8. The molecule has 1 aliphatic rings. The lowest BCUT2D eigenvalue weighted by molar-refractivity contribution is -0.125. The number of rotatable bonds is 4. The van der Waals surface area contributed by atoms with Gasteiger partial charge in [0.25, 0.3) is 0 Å². The van der Waals surface area contributed by atoms with Crippen LogP contribution in [0.5, 0.6) is 0 Å². The summed E-state index contributed by atoms with van der Waals surface area (Å²) in [7, 11) is 1.68. The molecule has 0 bridgehead atoms. The lowest BCUT2D eigenvalue weighted by Gasteiger charge is -2.25. The van der Waals surface area contributed by atoms with Crippen molar-refractivity contribution in [3.05, 3.63) is 0 Å². The molecule has 1 saturated heterocycles. The number of nitrogens with one attached hydrogen (secondary N) is 1. The summed E-state index contributed by atoms with van der Waals surface area (Å²) >= 11 is 0. The van der Waals surface area contributed by atoms with Crippen LogP contribution in [0.3, 0.4) is 0 Å². The number of hydrogen-bond acceptors (Lipinski definition) is 3. The van der Waals surface area contributed by atoms with Crippen LogP contribution in [0.4, 0.5) is 0 Å². The summed E-state index contributed by atoms with van der Waals surface area (Å²) < 4.78 is 0. The summed E-state index contributed by atoms with van der Waals surface area (Å²) in [5, 5.41) is 11.6. The number of likely N-dealkylation sites (N-methyl/N-ethyl adjacent to an activating group) is 1. The molecule has 4 heteroatoms. The molecule has 1 fully saturated rings. The number of hydrogen-bond donors (Lipinski definition) is 1. The SMILES string of the molecule is CNC(=O)C1CCCN1CCC(C)(C)C#N. The average molecular weight is 223 g/mol. The van der Waals surface area contributed by atoms with Gasteiger partial charge in [-0.1, -0.05) is 0 Å². The number of nitrogens with zero attached hydrogens (tertiary/aromatic N) is 2. The lowest BCUT2D eigenvalue weighted by atomic mass is 9.91. The predicted molar refractivity (Wildman–Crippen MR) is 62.7 cm³/mol. The smallest absolute Gasteiger partial charge is 0.237 e. The first-order chi connectivity index (χ1) is 7.50. The fraction of sp³-hybridized carbons (Fsp3) is 0.833. The van der Waals surface area contributed by atoms with Gasteiger partial charge in [0.15, 0.2) is 0 Å².